The van der Waals surface area contributed by atoms with Crippen molar-refractivity contribution < 1.29 is 19.4 Å². The number of pyridine rings is 1. The van der Waals surface area contributed by atoms with Gasteiger partial charge in [-0.15, -0.1) is 0 Å². The van der Waals surface area contributed by atoms with Crippen molar-refractivity contribution in [2.75, 3.05) is 0 Å². The highest BCUT2D eigenvalue weighted by molar-refractivity contribution is 6.12. The lowest BCUT2D eigenvalue weighted by Crippen LogP contribution is -2.08. The van der Waals surface area contributed by atoms with E-state index in [1.807, 2.05) is 0 Å². The molecule has 170 valence electrons. The number of benzene rings is 2. The van der Waals surface area contributed by atoms with E-state index in [1.165, 1.54) is 78.9 Å². The molecule has 3 rings (SSSR count). The van der Waals surface area contributed by atoms with E-state index in [0.717, 1.165) is 0 Å². The zero-order valence-electron chi connectivity index (χ0n) is 18.3. The number of hydrogen-bond acceptors (Lipinski definition) is 7. The Morgan fingerprint density at radius 2 is 1.06 bits per heavy atom. The second kappa shape index (κ2) is 10.2. The minimum Gasteiger partial charge on any atom is -0.289 e. The van der Waals surface area contributed by atoms with Gasteiger partial charge in [-0.25, -0.2) is 0 Å². The van der Waals surface area contributed by atoms with Crippen LogP contribution in [0.1, 0.15) is 43.2 Å². The number of non-ortho nitro benzene ring substituents is 2. The molecule has 0 aliphatic heterocycles. The number of rotatable bonds is 8. The summed E-state index contributed by atoms with van der Waals surface area (Å²) in [5.41, 5.74) is 2.57. The summed E-state index contributed by atoms with van der Waals surface area (Å²) < 4.78 is 0. The molecule has 0 radical (unpaired) electrons. The summed E-state index contributed by atoms with van der Waals surface area (Å²) in [4.78, 5) is 50.3. The van der Waals surface area contributed by atoms with Gasteiger partial charge in [0.15, 0.2) is 11.6 Å². The molecule has 9 heteroatoms. The van der Waals surface area contributed by atoms with Gasteiger partial charge in [0.2, 0.25) is 0 Å². The average molecular weight is 457 g/mol. The lowest BCUT2D eigenvalue weighted by atomic mass is 10.0. The Hall–Kier alpha value is -4.79. The van der Waals surface area contributed by atoms with Crippen LogP contribution in [-0.4, -0.2) is 26.4 Å². The molecule has 0 fully saturated rings. The van der Waals surface area contributed by atoms with E-state index >= 15 is 0 Å². The summed E-state index contributed by atoms with van der Waals surface area (Å²) in [6.45, 7) is 3.34. The second-order valence-corrected chi connectivity index (χ2v) is 7.35. The number of nitrogens with zero attached hydrogens (tertiary/aromatic N) is 3. The van der Waals surface area contributed by atoms with Crippen molar-refractivity contribution in [3.8, 4) is 0 Å². The minimum atomic E-state index is -0.505. The van der Waals surface area contributed by atoms with E-state index in [-0.39, 0.29) is 34.1 Å². The van der Waals surface area contributed by atoms with Crippen LogP contribution in [0.3, 0.4) is 0 Å². The number of nitro groups is 2. The van der Waals surface area contributed by atoms with Gasteiger partial charge in [-0.1, -0.05) is 12.2 Å². The molecule has 0 aliphatic carbocycles. The summed E-state index contributed by atoms with van der Waals surface area (Å²) >= 11 is 0. The minimum absolute atomic E-state index is 0.0491. The Balaban J connectivity index is 1.80. The monoisotopic (exact) mass is 457 g/mol. The number of aryl methyl sites for hydroxylation is 2. The van der Waals surface area contributed by atoms with Crippen molar-refractivity contribution in [2.45, 2.75) is 13.8 Å². The SMILES string of the molecule is Cc1nc(C)c(C(=O)/C=C/c2ccc([N+](=O)[O-])cc2)cc1C(=O)/C=C/c1ccc([N+](=O)[O-])cc1. The van der Waals surface area contributed by atoms with Gasteiger partial charge in [-0.05, 0) is 67.5 Å². The maximum Gasteiger partial charge on any atom is 0.269 e. The third kappa shape index (κ3) is 5.71. The number of nitro benzene ring substituents is 2. The van der Waals surface area contributed by atoms with Crippen LogP contribution in [0.25, 0.3) is 12.2 Å². The maximum atomic E-state index is 12.7. The molecule has 0 saturated carbocycles. The molecule has 2 aromatic carbocycles. The fourth-order valence-corrected chi connectivity index (χ4v) is 3.16. The van der Waals surface area contributed by atoms with E-state index in [0.29, 0.717) is 22.5 Å². The summed E-state index contributed by atoms with van der Waals surface area (Å²) in [6, 6.07) is 13.0. The van der Waals surface area contributed by atoms with Crippen LogP contribution in [0.4, 0.5) is 11.4 Å². The molecule has 0 amide bonds. The number of aromatic nitrogens is 1. The number of allylic oxidation sites excluding steroid dienone is 2. The van der Waals surface area contributed by atoms with Crippen molar-refractivity contribution in [1.82, 2.24) is 4.98 Å². The first-order valence-electron chi connectivity index (χ1n) is 10.1. The van der Waals surface area contributed by atoms with Crippen molar-refractivity contribution in [3.05, 3.63) is 121 Å². The molecule has 34 heavy (non-hydrogen) atoms. The first-order valence-corrected chi connectivity index (χ1v) is 10.1. The Labute approximate surface area is 194 Å². The largest absolute Gasteiger partial charge is 0.289 e. The summed E-state index contributed by atoms with van der Waals surface area (Å²) in [5.74, 6) is -0.728. The first kappa shape index (κ1) is 23.9. The highest BCUT2D eigenvalue weighted by Crippen LogP contribution is 2.18. The Kier molecular flexibility index (Phi) is 7.17. The first-order chi connectivity index (χ1) is 16.2. The van der Waals surface area contributed by atoms with Crippen molar-refractivity contribution in [3.63, 3.8) is 0 Å². The van der Waals surface area contributed by atoms with Gasteiger partial charge in [0.05, 0.1) is 9.85 Å². The standard InChI is InChI=1S/C25H19N3O6/c1-16-22(24(29)13-7-18-3-9-20(10-4-18)27(31)32)15-23(17(2)26-16)25(30)14-8-19-5-11-21(12-6-19)28(33)34/h3-15H,1-2H3/b13-7+,14-8+. The van der Waals surface area contributed by atoms with Crippen LogP contribution in [0.15, 0.2) is 66.7 Å². The average Bonchev–Trinajstić information content (AvgIpc) is 2.81. The molecule has 0 aliphatic rings. The fourth-order valence-electron chi connectivity index (χ4n) is 3.16. The van der Waals surface area contributed by atoms with Crippen LogP contribution < -0.4 is 0 Å². The van der Waals surface area contributed by atoms with Crippen LogP contribution in [0.2, 0.25) is 0 Å². The van der Waals surface area contributed by atoms with Gasteiger partial charge in [0, 0.05) is 46.8 Å². The zero-order valence-corrected chi connectivity index (χ0v) is 18.3. The molecule has 0 bridgehead atoms. The molecule has 1 aromatic heterocycles. The van der Waals surface area contributed by atoms with Crippen molar-refractivity contribution in [1.29, 1.82) is 0 Å². The Morgan fingerprint density at radius 3 is 1.38 bits per heavy atom. The third-order valence-electron chi connectivity index (χ3n) is 5.00. The highest BCUT2D eigenvalue weighted by Gasteiger charge is 2.15. The van der Waals surface area contributed by atoms with E-state index in [1.54, 1.807) is 13.8 Å². The van der Waals surface area contributed by atoms with Crippen LogP contribution in [0.5, 0.6) is 0 Å². The van der Waals surface area contributed by atoms with Crippen molar-refractivity contribution >= 4 is 35.1 Å². The normalized spacial score (nSPS) is 11.1. The number of hydrogen-bond donors (Lipinski definition) is 0. The molecule has 0 saturated heterocycles. The molecule has 3 aromatic rings. The number of ketones is 2. The summed E-state index contributed by atoms with van der Waals surface area (Å²) in [7, 11) is 0. The third-order valence-corrected chi connectivity index (χ3v) is 5.00. The van der Waals surface area contributed by atoms with E-state index in [9.17, 15) is 29.8 Å². The second-order valence-electron chi connectivity index (χ2n) is 7.35. The number of carbonyl (C=O) groups is 2. The molecular weight excluding hydrogens is 438 g/mol. The number of carbonyl (C=O) groups excluding carboxylic acids is 2. The lowest BCUT2D eigenvalue weighted by molar-refractivity contribution is -0.385. The van der Waals surface area contributed by atoms with Crippen LogP contribution in [0, 0.1) is 34.1 Å². The Morgan fingerprint density at radius 1 is 0.706 bits per heavy atom. The van der Waals surface area contributed by atoms with Gasteiger partial charge < -0.3 is 0 Å². The summed E-state index contributed by atoms with van der Waals surface area (Å²) in [5, 5.41) is 21.5. The van der Waals surface area contributed by atoms with Gasteiger partial charge in [0.1, 0.15) is 0 Å². The smallest absolute Gasteiger partial charge is 0.269 e. The van der Waals surface area contributed by atoms with E-state index in [2.05, 4.69) is 4.98 Å². The van der Waals surface area contributed by atoms with Gasteiger partial charge >= 0.3 is 0 Å². The van der Waals surface area contributed by atoms with Gasteiger partial charge in [-0.3, -0.25) is 34.8 Å². The van der Waals surface area contributed by atoms with Crippen LogP contribution in [-0.2, 0) is 0 Å². The molecule has 1 heterocycles. The van der Waals surface area contributed by atoms with Crippen molar-refractivity contribution in [2.24, 2.45) is 0 Å². The highest BCUT2D eigenvalue weighted by atomic mass is 16.6. The zero-order chi connectivity index (χ0) is 24.8. The predicted molar refractivity (Wildman–Crippen MR) is 127 cm³/mol. The Bertz CT molecular complexity index is 1240. The van der Waals surface area contributed by atoms with Gasteiger partial charge in [-0.2, -0.15) is 0 Å². The predicted octanol–water partition coefficient (Wildman–Crippen LogP) is 5.31. The molecule has 0 atom stereocenters. The maximum absolute atomic E-state index is 12.7. The fraction of sp³-hybridized carbons (Fsp3) is 0.0800. The van der Waals surface area contributed by atoms with E-state index in [4.69, 9.17) is 0 Å². The lowest BCUT2D eigenvalue weighted by Gasteiger charge is -2.07. The van der Waals surface area contributed by atoms with Gasteiger partial charge in [0.25, 0.3) is 11.4 Å². The molecular formula is C25H19N3O6. The molecule has 9 nitrogen and oxygen atoms in total. The van der Waals surface area contributed by atoms with Crippen LogP contribution >= 0.6 is 0 Å². The quantitative estimate of drug-likeness (QED) is 0.194. The molecule has 0 spiro atoms. The topological polar surface area (TPSA) is 133 Å². The molecule has 0 unspecified atom stereocenters. The molecule has 0 N–H and O–H groups in total. The summed E-state index contributed by atoms with van der Waals surface area (Å²) in [6.07, 6.45) is 5.70. The van der Waals surface area contributed by atoms with E-state index < -0.39 is 9.85 Å².